The average molecular weight is 207 g/mol. The van der Waals surface area contributed by atoms with Gasteiger partial charge in [-0.3, -0.25) is 0 Å². The first-order valence-corrected chi connectivity index (χ1v) is 5.38. The molecule has 0 saturated heterocycles. The van der Waals surface area contributed by atoms with Crippen LogP contribution in [0.15, 0.2) is 17.2 Å². The molecule has 0 amide bonds. The van der Waals surface area contributed by atoms with Crippen molar-refractivity contribution >= 4 is 17.4 Å². The van der Waals surface area contributed by atoms with Crippen LogP contribution in [0.25, 0.3) is 0 Å². The Bertz CT molecular complexity index is 357. The van der Waals surface area contributed by atoms with E-state index in [2.05, 4.69) is 18.8 Å². The molecule has 1 aromatic heterocycles. The fourth-order valence-electron chi connectivity index (χ4n) is 0.897. The van der Waals surface area contributed by atoms with Crippen LogP contribution < -0.4 is 5.73 Å². The molecule has 1 rings (SSSR count). The summed E-state index contributed by atoms with van der Waals surface area (Å²) in [6.07, 6.45) is 1.08. The number of rotatable bonds is 3. The standard InChI is InChI=1S/C10H13N3S/c1-3-7(2)14-10-5-4-8(12)9(6-11)13-10/h4-5,7H,3,12H2,1-2H3. The number of aromatic nitrogens is 1. The van der Waals surface area contributed by atoms with Gasteiger partial charge in [0.2, 0.25) is 0 Å². The number of nitrogens with two attached hydrogens (primary N) is 1. The van der Waals surface area contributed by atoms with Gasteiger partial charge in [0.05, 0.1) is 10.7 Å². The highest BCUT2D eigenvalue weighted by molar-refractivity contribution is 7.99. The Morgan fingerprint density at radius 3 is 2.93 bits per heavy atom. The van der Waals surface area contributed by atoms with Crippen LogP contribution in [-0.2, 0) is 0 Å². The third kappa shape index (κ3) is 2.64. The molecule has 0 aliphatic carbocycles. The first-order chi connectivity index (χ1) is 6.67. The molecule has 0 aliphatic heterocycles. The predicted octanol–water partition coefficient (Wildman–Crippen LogP) is 2.43. The summed E-state index contributed by atoms with van der Waals surface area (Å²) in [6, 6.07) is 5.56. The molecule has 1 heterocycles. The minimum Gasteiger partial charge on any atom is -0.396 e. The summed E-state index contributed by atoms with van der Waals surface area (Å²) in [6.45, 7) is 4.26. The van der Waals surface area contributed by atoms with Gasteiger partial charge in [-0.25, -0.2) is 4.98 Å². The van der Waals surface area contributed by atoms with Gasteiger partial charge in [-0.1, -0.05) is 13.8 Å². The van der Waals surface area contributed by atoms with Gasteiger partial charge in [-0.05, 0) is 18.6 Å². The third-order valence-electron chi connectivity index (χ3n) is 1.90. The van der Waals surface area contributed by atoms with Gasteiger partial charge in [0, 0.05) is 5.25 Å². The average Bonchev–Trinajstić information content (AvgIpc) is 2.20. The molecule has 74 valence electrons. The normalized spacial score (nSPS) is 12.1. The van der Waals surface area contributed by atoms with E-state index in [4.69, 9.17) is 11.0 Å². The highest BCUT2D eigenvalue weighted by Gasteiger charge is 2.05. The lowest BCUT2D eigenvalue weighted by molar-refractivity contribution is 0.900. The van der Waals surface area contributed by atoms with Gasteiger partial charge in [0.25, 0.3) is 0 Å². The molecule has 1 unspecified atom stereocenters. The van der Waals surface area contributed by atoms with Gasteiger partial charge in [0.15, 0.2) is 5.69 Å². The van der Waals surface area contributed by atoms with Crippen LogP contribution in [0.2, 0.25) is 0 Å². The maximum atomic E-state index is 8.73. The van der Waals surface area contributed by atoms with E-state index >= 15 is 0 Å². The van der Waals surface area contributed by atoms with Crippen molar-refractivity contribution in [3.63, 3.8) is 0 Å². The molecule has 0 spiro atoms. The predicted molar refractivity (Wildman–Crippen MR) is 59.0 cm³/mol. The van der Waals surface area contributed by atoms with E-state index in [0.29, 0.717) is 16.6 Å². The summed E-state index contributed by atoms with van der Waals surface area (Å²) >= 11 is 1.66. The lowest BCUT2D eigenvalue weighted by Crippen LogP contribution is -1.98. The quantitative estimate of drug-likeness (QED) is 0.773. The van der Waals surface area contributed by atoms with Crippen molar-refractivity contribution < 1.29 is 0 Å². The monoisotopic (exact) mass is 207 g/mol. The van der Waals surface area contributed by atoms with Crippen molar-refractivity contribution in [2.75, 3.05) is 5.73 Å². The van der Waals surface area contributed by atoms with Crippen molar-refractivity contribution in [1.29, 1.82) is 5.26 Å². The Kier molecular flexibility index (Phi) is 3.78. The molecule has 0 aromatic carbocycles. The molecule has 0 bridgehead atoms. The van der Waals surface area contributed by atoms with E-state index in [0.717, 1.165) is 11.4 Å². The number of nitriles is 1. The Balaban J connectivity index is 2.86. The van der Waals surface area contributed by atoms with Crippen LogP contribution in [-0.4, -0.2) is 10.2 Å². The molecule has 4 heteroatoms. The van der Waals surface area contributed by atoms with Crippen molar-refractivity contribution in [2.45, 2.75) is 30.5 Å². The molecule has 1 aromatic rings. The van der Waals surface area contributed by atoms with Crippen LogP contribution in [0.4, 0.5) is 5.69 Å². The number of hydrogen-bond acceptors (Lipinski definition) is 4. The van der Waals surface area contributed by atoms with Crippen LogP contribution >= 0.6 is 11.8 Å². The lowest BCUT2D eigenvalue weighted by atomic mass is 10.3. The molecule has 1 atom stereocenters. The molecule has 0 fully saturated rings. The zero-order valence-corrected chi connectivity index (χ0v) is 9.14. The summed E-state index contributed by atoms with van der Waals surface area (Å²) in [5.41, 5.74) is 6.33. The van der Waals surface area contributed by atoms with E-state index in [1.807, 2.05) is 12.1 Å². The van der Waals surface area contributed by atoms with Gasteiger partial charge in [-0.2, -0.15) is 5.26 Å². The Hall–Kier alpha value is -1.21. The molecule has 14 heavy (non-hydrogen) atoms. The first-order valence-electron chi connectivity index (χ1n) is 4.50. The van der Waals surface area contributed by atoms with Crippen molar-refractivity contribution in [3.8, 4) is 6.07 Å². The maximum Gasteiger partial charge on any atom is 0.164 e. The molecule has 2 N–H and O–H groups in total. The summed E-state index contributed by atoms with van der Waals surface area (Å²) in [5.74, 6) is 0. The van der Waals surface area contributed by atoms with Crippen molar-refractivity contribution in [3.05, 3.63) is 17.8 Å². The minimum absolute atomic E-state index is 0.318. The van der Waals surface area contributed by atoms with Crippen LogP contribution in [0, 0.1) is 11.3 Å². The van der Waals surface area contributed by atoms with Crippen LogP contribution in [0.5, 0.6) is 0 Å². The van der Waals surface area contributed by atoms with Crippen molar-refractivity contribution in [2.24, 2.45) is 0 Å². The van der Waals surface area contributed by atoms with Gasteiger partial charge in [0.1, 0.15) is 6.07 Å². The summed E-state index contributed by atoms with van der Waals surface area (Å²) < 4.78 is 0. The lowest BCUT2D eigenvalue weighted by Gasteiger charge is -2.07. The fraction of sp³-hybridized carbons (Fsp3) is 0.400. The Morgan fingerprint density at radius 2 is 2.36 bits per heavy atom. The minimum atomic E-state index is 0.318. The van der Waals surface area contributed by atoms with Gasteiger partial charge >= 0.3 is 0 Å². The van der Waals surface area contributed by atoms with E-state index in [1.165, 1.54) is 0 Å². The third-order valence-corrected chi connectivity index (χ3v) is 3.11. The number of hydrogen-bond donors (Lipinski definition) is 1. The highest BCUT2D eigenvalue weighted by Crippen LogP contribution is 2.24. The second kappa shape index (κ2) is 4.87. The molecule has 0 radical (unpaired) electrons. The first kappa shape index (κ1) is 10.9. The van der Waals surface area contributed by atoms with Gasteiger partial charge < -0.3 is 5.73 Å². The van der Waals surface area contributed by atoms with E-state index < -0.39 is 0 Å². The van der Waals surface area contributed by atoms with Crippen LogP contribution in [0.3, 0.4) is 0 Å². The second-order valence-corrected chi connectivity index (χ2v) is 4.49. The summed E-state index contributed by atoms with van der Waals surface area (Å²) in [7, 11) is 0. The maximum absolute atomic E-state index is 8.73. The number of nitrogens with zero attached hydrogens (tertiary/aromatic N) is 2. The molecular weight excluding hydrogens is 194 g/mol. The van der Waals surface area contributed by atoms with Crippen LogP contribution in [0.1, 0.15) is 26.0 Å². The number of thioether (sulfide) groups is 1. The fourth-order valence-corrected chi connectivity index (χ4v) is 1.77. The SMILES string of the molecule is CCC(C)Sc1ccc(N)c(C#N)n1. The molecule has 0 saturated carbocycles. The summed E-state index contributed by atoms with van der Waals surface area (Å²) in [5, 5.41) is 10.1. The molecular formula is C10H13N3S. The topological polar surface area (TPSA) is 62.7 Å². The van der Waals surface area contributed by atoms with E-state index in [1.54, 1.807) is 17.8 Å². The second-order valence-electron chi connectivity index (χ2n) is 3.04. The highest BCUT2D eigenvalue weighted by atomic mass is 32.2. The Labute approximate surface area is 88.3 Å². The Morgan fingerprint density at radius 1 is 1.64 bits per heavy atom. The van der Waals surface area contributed by atoms with E-state index in [9.17, 15) is 0 Å². The zero-order chi connectivity index (χ0) is 10.6. The number of anilines is 1. The van der Waals surface area contributed by atoms with E-state index in [-0.39, 0.29) is 0 Å². The molecule has 3 nitrogen and oxygen atoms in total. The largest absolute Gasteiger partial charge is 0.396 e. The number of nitrogen functional groups attached to an aromatic ring is 1. The zero-order valence-electron chi connectivity index (χ0n) is 8.32. The smallest absolute Gasteiger partial charge is 0.164 e. The molecule has 0 aliphatic rings. The van der Waals surface area contributed by atoms with Gasteiger partial charge in [-0.15, -0.1) is 11.8 Å². The number of pyridine rings is 1. The van der Waals surface area contributed by atoms with Crippen molar-refractivity contribution in [1.82, 2.24) is 4.98 Å². The summed E-state index contributed by atoms with van der Waals surface area (Å²) in [4.78, 5) is 4.16.